The summed E-state index contributed by atoms with van der Waals surface area (Å²) < 4.78 is 4.76. The summed E-state index contributed by atoms with van der Waals surface area (Å²) >= 11 is 0. The number of carbonyl (C=O) groups excluding carboxylic acids is 3. The minimum Gasteiger partial charge on any atom is -0.464 e. The summed E-state index contributed by atoms with van der Waals surface area (Å²) in [5.74, 6) is -0.448. The maximum Gasteiger partial charge on any atom is 0.328 e. The molecular formula is C9H16N2O4. The Kier molecular flexibility index (Phi) is 8.03. The van der Waals surface area contributed by atoms with Crippen molar-refractivity contribution in [2.24, 2.45) is 0 Å². The van der Waals surface area contributed by atoms with Crippen molar-refractivity contribution in [1.82, 2.24) is 10.6 Å². The van der Waals surface area contributed by atoms with E-state index >= 15 is 0 Å². The molecule has 0 aromatic heterocycles. The van der Waals surface area contributed by atoms with E-state index in [1.165, 1.54) is 0 Å². The van der Waals surface area contributed by atoms with Gasteiger partial charge in [0.05, 0.1) is 6.61 Å². The van der Waals surface area contributed by atoms with E-state index in [4.69, 9.17) is 4.74 Å². The minimum atomic E-state index is -0.629. The molecular weight excluding hydrogens is 200 g/mol. The van der Waals surface area contributed by atoms with Crippen molar-refractivity contribution in [1.29, 1.82) is 0 Å². The molecule has 1 atom stereocenters. The van der Waals surface area contributed by atoms with Crippen molar-refractivity contribution in [3.63, 3.8) is 0 Å². The highest BCUT2D eigenvalue weighted by Crippen LogP contribution is 1.98. The summed E-state index contributed by atoms with van der Waals surface area (Å²) in [4.78, 5) is 31.4. The van der Waals surface area contributed by atoms with E-state index in [0.717, 1.165) is 0 Å². The number of rotatable bonds is 9. The van der Waals surface area contributed by atoms with Crippen molar-refractivity contribution in [3.05, 3.63) is 0 Å². The fraction of sp³-hybridized carbons (Fsp3) is 0.667. The van der Waals surface area contributed by atoms with E-state index in [1.807, 2.05) is 0 Å². The molecule has 0 spiro atoms. The lowest BCUT2D eigenvalue weighted by molar-refractivity contribution is -0.146. The zero-order chi connectivity index (χ0) is 11.5. The van der Waals surface area contributed by atoms with Gasteiger partial charge in [0.25, 0.3) is 0 Å². The van der Waals surface area contributed by atoms with Gasteiger partial charge in [0.2, 0.25) is 12.8 Å². The third-order valence-electron chi connectivity index (χ3n) is 1.74. The number of amides is 2. The van der Waals surface area contributed by atoms with Crippen LogP contribution in [-0.2, 0) is 19.1 Å². The first-order valence-corrected chi connectivity index (χ1v) is 4.79. The van der Waals surface area contributed by atoms with Crippen LogP contribution in [-0.4, -0.2) is 38.0 Å². The summed E-state index contributed by atoms with van der Waals surface area (Å²) in [7, 11) is 0. The average molecular weight is 216 g/mol. The number of hydrogen-bond donors (Lipinski definition) is 2. The molecule has 0 aliphatic carbocycles. The largest absolute Gasteiger partial charge is 0.464 e. The smallest absolute Gasteiger partial charge is 0.328 e. The maximum atomic E-state index is 11.3. The van der Waals surface area contributed by atoms with Gasteiger partial charge >= 0.3 is 5.97 Å². The lowest BCUT2D eigenvalue weighted by atomic mass is 10.1. The molecule has 1 unspecified atom stereocenters. The van der Waals surface area contributed by atoms with Crippen LogP contribution in [0.25, 0.3) is 0 Å². The summed E-state index contributed by atoms with van der Waals surface area (Å²) in [6.07, 6.45) is 2.10. The van der Waals surface area contributed by atoms with Crippen LogP contribution in [0.4, 0.5) is 0 Å². The highest BCUT2D eigenvalue weighted by Gasteiger charge is 2.17. The molecule has 0 saturated heterocycles. The molecule has 0 aromatic carbocycles. The fourth-order valence-corrected chi connectivity index (χ4v) is 1.06. The third kappa shape index (κ3) is 6.48. The Hall–Kier alpha value is -1.59. The third-order valence-corrected chi connectivity index (χ3v) is 1.74. The molecule has 0 aromatic rings. The van der Waals surface area contributed by atoms with Gasteiger partial charge in [-0.05, 0) is 19.8 Å². The van der Waals surface area contributed by atoms with Gasteiger partial charge in [0.15, 0.2) is 0 Å². The lowest BCUT2D eigenvalue weighted by Crippen LogP contribution is -2.37. The standard InChI is InChI=1S/C9H16N2O4/c1-2-15-9(14)8(11-7-13)4-3-5-10-6-12/h6-8H,2-5H2,1H3,(H,10,12)(H,11,13). The first-order valence-electron chi connectivity index (χ1n) is 4.79. The molecule has 6 nitrogen and oxygen atoms in total. The quantitative estimate of drug-likeness (QED) is 0.300. The number of carbonyl (C=O) groups is 3. The van der Waals surface area contributed by atoms with E-state index in [9.17, 15) is 14.4 Å². The van der Waals surface area contributed by atoms with Crippen LogP contribution >= 0.6 is 0 Å². The van der Waals surface area contributed by atoms with Crippen molar-refractivity contribution in [2.75, 3.05) is 13.2 Å². The minimum absolute atomic E-state index is 0.280. The van der Waals surface area contributed by atoms with Crippen LogP contribution in [0.3, 0.4) is 0 Å². The Bertz CT molecular complexity index is 208. The van der Waals surface area contributed by atoms with Crippen LogP contribution in [0.5, 0.6) is 0 Å². The summed E-state index contributed by atoms with van der Waals surface area (Å²) in [5, 5.41) is 4.84. The second-order valence-electron chi connectivity index (χ2n) is 2.80. The molecule has 0 saturated carbocycles. The van der Waals surface area contributed by atoms with Gasteiger partial charge in [-0.1, -0.05) is 0 Å². The molecule has 0 aliphatic rings. The molecule has 15 heavy (non-hydrogen) atoms. The fourth-order valence-electron chi connectivity index (χ4n) is 1.06. The van der Waals surface area contributed by atoms with Gasteiger partial charge in [0, 0.05) is 6.54 Å². The Labute approximate surface area is 88.4 Å². The van der Waals surface area contributed by atoms with Gasteiger partial charge in [-0.25, -0.2) is 4.79 Å². The second-order valence-corrected chi connectivity index (χ2v) is 2.80. The van der Waals surface area contributed by atoms with Crippen molar-refractivity contribution >= 4 is 18.8 Å². The molecule has 0 radical (unpaired) electrons. The zero-order valence-electron chi connectivity index (χ0n) is 8.69. The molecule has 86 valence electrons. The first-order chi connectivity index (χ1) is 7.26. The van der Waals surface area contributed by atoms with Crippen LogP contribution < -0.4 is 10.6 Å². The SMILES string of the molecule is CCOC(=O)C(CCCNC=O)NC=O. The summed E-state index contributed by atoms with van der Waals surface area (Å²) in [6, 6.07) is -0.629. The van der Waals surface area contributed by atoms with Gasteiger partial charge in [0.1, 0.15) is 6.04 Å². The van der Waals surface area contributed by atoms with Crippen LogP contribution in [0.2, 0.25) is 0 Å². The molecule has 0 aliphatic heterocycles. The van der Waals surface area contributed by atoms with Crippen LogP contribution in [0.1, 0.15) is 19.8 Å². The second kappa shape index (κ2) is 8.98. The van der Waals surface area contributed by atoms with Crippen molar-refractivity contribution < 1.29 is 19.1 Å². The Balaban J connectivity index is 3.86. The van der Waals surface area contributed by atoms with Gasteiger partial charge in [-0.2, -0.15) is 0 Å². The molecule has 0 heterocycles. The molecule has 0 fully saturated rings. The van der Waals surface area contributed by atoms with Crippen molar-refractivity contribution in [3.8, 4) is 0 Å². The molecule has 6 heteroatoms. The molecule has 0 bridgehead atoms. The van der Waals surface area contributed by atoms with Crippen molar-refractivity contribution in [2.45, 2.75) is 25.8 Å². The number of nitrogens with one attached hydrogen (secondary N) is 2. The molecule has 2 amide bonds. The summed E-state index contributed by atoms with van der Waals surface area (Å²) in [6.45, 7) is 2.45. The zero-order valence-corrected chi connectivity index (χ0v) is 8.69. The highest BCUT2D eigenvalue weighted by atomic mass is 16.5. The maximum absolute atomic E-state index is 11.3. The summed E-state index contributed by atoms with van der Waals surface area (Å²) in [5.41, 5.74) is 0. The first kappa shape index (κ1) is 13.4. The van der Waals surface area contributed by atoms with E-state index in [0.29, 0.717) is 32.2 Å². The monoisotopic (exact) mass is 216 g/mol. The highest BCUT2D eigenvalue weighted by molar-refractivity contribution is 5.78. The van der Waals surface area contributed by atoms with Crippen LogP contribution in [0, 0.1) is 0 Å². The Morgan fingerprint density at radius 3 is 2.67 bits per heavy atom. The molecule has 0 rings (SSSR count). The predicted octanol–water partition coefficient (Wildman–Crippen LogP) is -0.810. The normalized spacial score (nSPS) is 11.3. The molecule has 2 N–H and O–H groups in total. The number of hydrogen-bond acceptors (Lipinski definition) is 4. The predicted molar refractivity (Wildman–Crippen MR) is 52.9 cm³/mol. The van der Waals surface area contributed by atoms with Crippen LogP contribution in [0.15, 0.2) is 0 Å². The van der Waals surface area contributed by atoms with E-state index in [2.05, 4.69) is 10.6 Å². The Morgan fingerprint density at radius 1 is 1.40 bits per heavy atom. The average Bonchev–Trinajstić information content (AvgIpc) is 2.23. The Morgan fingerprint density at radius 2 is 2.13 bits per heavy atom. The van der Waals surface area contributed by atoms with E-state index < -0.39 is 12.0 Å². The van der Waals surface area contributed by atoms with E-state index in [-0.39, 0.29) is 6.61 Å². The van der Waals surface area contributed by atoms with Gasteiger partial charge < -0.3 is 15.4 Å². The van der Waals surface area contributed by atoms with Gasteiger partial charge in [-0.3, -0.25) is 9.59 Å². The number of ether oxygens (including phenoxy) is 1. The van der Waals surface area contributed by atoms with Gasteiger partial charge in [-0.15, -0.1) is 0 Å². The van der Waals surface area contributed by atoms with E-state index in [1.54, 1.807) is 6.92 Å². The lowest BCUT2D eigenvalue weighted by Gasteiger charge is -2.13. The topological polar surface area (TPSA) is 84.5 Å². The number of esters is 1.